The van der Waals surface area contributed by atoms with Crippen LogP contribution in [0.4, 0.5) is 5.82 Å². The maximum absolute atomic E-state index is 12.5. The number of carbonyl (C=O) groups is 2. The quantitative estimate of drug-likeness (QED) is 0.599. The van der Waals surface area contributed by atoms with E-state index < -0.39 is 0 Å². The summed E-state index contributed by atoms with van der Waals surface area (Å²) in [5, 5.41) is 1.16. The number of rotatable bonds is 5. The van der Waals surface area contributed by atoms with Crippen molar-refractivity contribution in [1.29, 1.82) is 0 Å². The molecule has 158 valence electrons. The summed E-state index contributed by atoms with van der Waals surface area (Å²) in [6, 6.07) is 19.9. The fourth-order valence-corrected chi connectivity index (χ4v) is 4.64. The maximum Gasteiger partial charge on any atom is 0.261 e. The van der Waals surface area contributed by atoms with Crippen LogP contribution in [-0.2, 0) is 0 Å². The van der Waals surface area contributed by atoms with Gasteiger partial charge in [-0.1, -0.05) is 30.3 Å². The van der Waals surface area contributed by atoms with Gasteiger partial charge in [-0.15, -0.1) is 0 Å². The zero-order valence-electron chi connectivity index (χ0n) is 17.7. The lowest BCUT2D eigenvalue weighted by Crippen LogP contribution is -2.52. The predicted molar refractivity (Wildman–Crippen MR) is 121 cm³/mol. The van der Waals surface area contributed by atoms with Crippen molar-refractivity contribution in [3.8, 4) is 0 Å². The van der Waals surface area contributed by atoms with E-state index in [0.717, 1.165) is 49.3 Å². The Labute approximate surface area is 182 Å². The number of para-hydroxylation sites is 1. The molecule has 1 saturated heterocycles. The van der Waals surface area contributed by atoms with E-state index >= 15 is 0 Å². The third kappa shape index (κ3) is 3.68. The van der Waals surface area contributed by atoms with E-state index in [4.69, 9.17) is 4.98 Å². The van der Waals surface area contributed by atoms with Crippen molar-refractivity contribution in [3.63, 3.8) is 0 Å². The summed E-state index contributed by atoms with van der Waals surface area (Å²) in [7, 11) is 0. The van der Waals surface area contributed by atoms with Crippen LogP contribution in [0.2, 0.25) is 0 Å². The lowest BCUT2D eigenvalue weighted by atomic mass is 10.1. The number of piperazine rings is 1. The Morgan fingerprint density at radius 3 is 2.32 bits per heavy atom. The summed E-state index contributed by atoms with van der Waals surface area (Å²) < 4.78 is 0. The van der Waals surface area contributed by atoms with Gasteiger partial charge in [0.15, 0.2) is 0 Å². The fraction of sp³-hybridized carbons (Fsp3) is 0.320. The highest BCUT2D eigenvalue weighted by atomic mass is 16.2. The smallest absolute Gasteiger partial charge is 0.261 e. The SMILES string of the molecule is CC1CN(c2ccc3ccccc3n2)CCN1CCCN1C(=O)c2ccccc2C1=O. The van der Waals surface area contributed by atoms with E-state index in [1.807, 2.05) is 12.1 Å². The van der Waals surface area contributed by atoms with Crippen LogP contribution in [0.25, 0.3) is 10.9 Å². The zero-order valence-corrected chi connectivity index (χ0v) is 17.7. The summed E-state index contributed by atoms with van der Waals surface area (Å²) in [5.74, 6) is 0.693. The predicted octanol–water partition coefficient (Wildman–Crippen LogP) is 3.43. The second-order valence-electron chi connectivity index (χ2n) is 8.35. The average Bonchev–Trinajstić information content (AvgIpc) is 3.05. The summed E-state index contributed by atoms with van der Waals surface area (Å²) in [6.45, 7) is 6.34. The number of aromatic nitrogens is 1. The van der Waals surface area contributed by atoms with Crippen molar-refractivity contribution in [2.75, 3.05) is 37.6 Å². The monoisotopic (exact) mass is 414 g/mol. The van der Waals surface area contributed by atoms with Gasteiger partial charge in [0.25, 0.3) is 11.8 Å². The molecular weight excluding hydrogens is 388 g/mol. The molecule has 1 aromatic heterocycles. The van der Waals surface area contributed by atoms with Crippen LogP contribution >= 0.6 is 0 Å². The van der Waals surface area contributed by atoms with E-state index in [9.17, 15) is 9.59 Å². The molecule has 1 atom stereocenters. The van der Waals surface area contributed by atoms with Gasteiger partial charge in [-0.25, -0.2) is 4.98 Å². The van der Waals surface area contributed by atoms with Crippen LogP contribution in [0, 0.1) is 0 Å². The number of fused-ring (bicyclic) bond motifs is 2. The van der Waals surface area contributed by atoms with Crippen molar-refractivity contribution in [2.45, 2.75) is 19.4 Å². The molecular formula is C25H26N4O2. The first-order chi connectivity index (χ1) is 15.1. The molecule has 31 heavy (non-hydrogen) atoms. The molecule has 1 unspecified atom stereocenters. The first-order valence-electron chi connectivity index (χ1n) is 10.9. The third-order valence-electron chi connectivity index (χ3n) is 6.38. The molecule has 3 aromatic rings. The van der Waals surface area contributed by atoms with Crippen molar-refractivity contribution >= 4 is 28.5 Å². The highest BCUT2D eigenvalue weighted by molar-refractivity contribution is 6.21. The standard InChI is InChI=1S/C25H26N4O2/c1-18-17-28(23-12-11-19-7-2-5-10-22(19)26-23)16-15-27(18)13-6-14-29-24(30)20-8-3-4-9-21(20)25(29)31/h2-5,7-12,18H,6,13-17H2,1H3. The van der Waals surface area contributed by atoms with Crippen molar-refractivity contribution in [2.24, 2.45) is 0 Å². The molecule has 0 spiro atoms. The van der Waals surface area contributed by atoms with Gasteiger partial charge in [0, 0.05) is 44.2 Å². The van der Waals surface area contributed by atoms with Gasteiger partial charge < -0.3 is 4.90 Å². The van der Waals surface area contributed by atoms with Crippen LogP contribution in [0.3, 0.4) is 0 Å². The van der Waals surface area contributed by atoms with Gasteiger partial charge >= 0.3 is 0 Å². The molecule has 6 heteroatoms. The first-order valence-corrected chi connectivity index (χ1v) is 10.9. The van der Waals surface area contributed by atoms with Crippen molar-refractivity contribution in [1.82, 2.24) is 14.8 Å². The molecule has 0 radical (unpaired) electrons. The lowest BCUT2D eigenvalue weighted by molar-refractivity contribution is 0.0643. The normalized spacial score (nSPS) is 19.3. The number of nitrogens with zero attached hydrogens (tertiary/aromatic N) is 4. The molecule has 2 aliphatic rings. The largest absolute Gasteiger partial charge is 0.354 e. The number of imide groups is 1. The Hall–Kier alpha value is -3.25. The van der Waals surface area contributed by atoms with Gasteiger partial charge in [-0.3, -0.25) is 19.4 Å². The number of benzene rings is 2. The fourth-order valence-electron chi connectivity index (χ4n) is 4.64. The maximum atomic E-state index is 12.5. The number of amides is 2. The minimum absolute atomic E-state index is 0.166. The molecule has 0 N–H and O–H groups in total. The molecule has 6 nitrogen and oxygen atoms in total. The number of pyridine rings is 1. The Bertz CT molecular complexity index is 1110. The van der Waals surface area contributed by atoms with Crippen molar-refractivity contribution in [3.05, 3.63) is 71.8 Å². The molecule has 2 amide bonds. The summed E-state index contributed by atoms with van der Waals surface area (Å²) in [5.41, 5.74) is 2.07. The number of hydrogen-bond acceptors (Lipinski definition) is 5. The number of hydrogen-bond donors (Lipinski definition) is 0. The van der Waals surface area contributed by atoms with Crippen LogP contribution in [0.5, 0.6) is 0 Å². The molecule has 2 aliphatic heterocycles. The van der Waals surface area contributed by atoms with Crippen LogP contribution in [0.1, 0.15) is 34.1 Å². The van der Waals surface area contributed by atoms with E-state index in [1.165, 1.54) is 4.90 Å². The van der Waals surface area contributed by atoms with E-state index in [-0.39, 0.29) is 11.8 Å². The Morgan fingerprint density at radius 1 is 0.871 bits per heavy atom. The van der Waals surface area contributed by atoms with E-state index in [0.29, 0.717) is 23.7 Å². The number of carbonyl (C=O) groups excluding carboxylic acids is 2. The van der Waals surface area contributed by atoms with Crippen LogP contribution < -0.4 is 4.90 Å². The Morgan fingerprint density at radius 2 is 1.58 bits per heavy atom. The minimum Gasteiger partial charge on any atom is -0.354 e. The second-order valence-corrected chi connectivity index (χ2v) is 8.35. The number of anilines is 1. The van der Waals surface area contributed by atoms with Crippen molar-refractivity contribution < 1.29 is 9.59 Å². The van der Waals surface area contributed by atoms with Gasteiger partial charge in [-0.05, 0) is 43.7 Å². The molecule has 0 saturated carbocycles. The average molecular weight is 415 g/mol. The van der Waals surface area contributed by atoms with Crippen LogP contribution in [-0.4, -0.2) is 65.4 Å². The Kier molecular flexibility index (Phi) is 5.16. The van der Waals surface area contributed by atoms with Gasteiger partial charge in [0.2, 0.25) is 0 Å². The molecule has 5 rings (SSSR count). The van der Waals surface area contributed by atoms with Crippen LogP contribution in [0.15, 0.2) is 60.7 Å². The lowest BCUT2D eigenvalue weighted by Gasteiger charge is -2.40. The van der Waals surface area contributed by atoms with Gasteiger partial charge in [0.1, 0.15) is 5.82 Å². The summed E-state index contributed by atoms with van der Waals surface area (Å²) in [4.78, 5) is 36.1. The van der Waals surface area contributed by atoms with Gasteiger partial charge in [-0.2, -0.15) is 0 Å². The molecule has 2 aromatic carbocycles. The molecule has 0 aliphatic carbocycles. The summed E-state index contributed by atoms with van der Waals surface area (Å²) >= 11 is 0. The van der Waals surface area contributed by atoms with E-state index in [1.54, 1.807) is 24.3 Å². The third-order valence-corrected chi connectivity index (χ3v) is 6.38. The minimum atomic E-state index is -0.166. The molecule has 0 bridgehead atoms. The first kappa shape index (κ1) is 19.7. The van der Waals surface area contributed by atoms with Gasteiger partial charge in [0.05, 0.1) is 16.6 Å². The molecule has 1 fully saturated rings. The molecule has 3 heterocycles. The highest BCUT2D eigenvalue weighted by Crippen LogP contribution is 2.24. The zero-order chi connectivity index (χ0) is 21.4. The second kappa shape index (κ2) is 8.12. The Balaban J connectivity index is 1.16. The highest BCUT2D eigenvalue weighted by Gasteiger charge is 2.34. The topological polar surface area (TPSA) is 56.8 Å². The summed E-state index contributed by atoms with van der Waals surface area (Å²) in [6.07, 6.45) is 0.782. The van der Waals surface area contributed by atoms with E-state index in [2.05, 4.69) is 41.0 Å².